The minimum absolute atomic E-state index is 0.0772. The summed E-state index contributed by atoms with van der Waals surface area (Å²) in [4.78, 5) is 27.2. The molecule has 28 heavy (non-hydrogen) atoms. The Hall–Kier alpha value is -3.08. The molecule has 1 aromatic heterocycles. The number of aromatic amines is 1. The molecule has 3 N–H and O–H groups in total. The van der Waals surface area contributed by atoms with E-state index in [1.807, 2.05) is 42.5 Å². The summed E-state index contributed by atoms with van der Waals surface area (Å²) in [5.74, 6) is 0.508. The van der Waals surface area contributed by atoms with Gasteiger partial charge in [-0.05, 0) is 66.6 Å². The maximum atomic E-state index is 12.7. The second-order valence-electron chi connectivity index (χ2n) is 7.75. The molecule has 0 unspecified atom stereocenters. The first-order valence-electron chi connectivity index (χ1n) is 9.78. The average molecular weight is 375 g/mol. The second kappa shape index (κ2) is 7.50. The third-order valence-corrected chi connectivity index (χ3v) is 5.42. The Labute approximate surface area is 164 Å². The van der Waals surface area contributed by atoms with E-state index >= 15 is 0 Å². The lowest BCUT2D eigenvalue weighted by Crippen LogP contribution is -2.22. The van der Waals surface area contributed by atoms with Crippen LogP contribution in [0.15, 0.2) is 42.5 Å². The molecule has 3 aromatic rings. The summed E-state index contributed by atoms with van der Waals surface area (Å²) in [6, 6.07) is 13.4. The van der Waals surface area contributed by atoms with Gasteiger partial charge in [0.15, 0.2) is 0 Å². The summed E-state index contributed by atoms with van der Waals surface area (Å²) >= 11 is 0. The number of hydrogen-bond acceptors (Lipinski definition) is 2. The number of aromatic nitrogens is 1. The van der Waals surface area contributed by atoms with Crippen LogP contribution < -0.4 is 10.6 Å². The number of hydrogen-bond donors (Lipinski definition) is 3. The fourth-order valence-corrected chi connectivity index (χ4v) is 3.93. The van der Waals surface area contributed by atoms with Crippen molar-refractivity contribution in [1.29, 1.82) is 0 Å². The number of rotatable bonds is 4. The number of H-pyrrole nitrogens is 1. The molecule has 1 aliphatic rings. The summed E-state index contributed by atoms with van der Waals surface area (Å²) in [6.07, 6.45) is 3.37. The van der Waals surface area contributed by atoms with Crippen molar-refractivity contribution >= 4 is 28.4 Å². The molecule has 0 saturated carbocycles. The van der Waals surface area contributed by atoms with Gasteiger partial charge in [-0.1, -0.05) is 19.1 Å². The highest BCUT2D eigenvalue weighted by molar-refractivity contribution is 5.99. The summed E-state index contributed by atoms with van der Waals surface area (Å²) in [5.41, 5.74) is 6.23. The normalized spacial score (nSPS) is 15.9. The van der Waals surface area contributed by atoms with Crippen LogP contribution in [0, 0.1) is 5.92 Å². The molecule has 1 heterocycles. The molecule has 5 heteroatoms. The first-order valence-corrected chi connectivity index (χ1v) is 9.78. The minimum atomic E-state index is -0.0993. The van der Waals surface area contributed by atoms with Crippen LogP contribution in [0.5, 0.6) is 0 Å². The predicted octanol–water partition coefficient (Wildman–Crippen LogP) is 4.18. The van der Waals surface area contributed by atoms with Crippen LogP contribution in [0.2, 0.25) is 0 Å². The van der Waals surface area contributed by atoms with Crippen molar-refractivity contribution < 1.29 is 9.59 Å². The Morgan fingerprint density at radius 3 is 2.68 bits per heavy atom. The zero-order chi connectivity index (χ0) is 19.7. The third kappa shape index (κ3) is 3.79. The number of anilines is 1. The smallest absolute Gasteiger partial charge is 0.251 e. The van der Waals surface area contributed by atoms with Gasteiger partial charge in [0.2, 0.25) is 5.91 Å². The van der Waals surface area contributed by atoms with Gasteiger partial charge < -0.3 is 15.6 Å². The number of fused-ring (bicyclic) bond motifs is 3. The molecule has 0 aliphatic heterocycles. The maximum Gasteiger partial charge on any atom is 0.251 e. The number of benzene rings is 2. The van der Waals surface area contributed by atoms with Gasteiger partial charge in [0, 0.05) is 41.3 Å². The molecule has 0 radical (unpaired) electrons. The number of amides is 2. The quantitative estimate of drug-likeness (QED) is 0.640. The van der Waals surface area contributed by atoms with Gasteiger partial charge in [-0.15, -0.1) is 0 Å². The highest BCUT2D eigenvalue weighted by atomic mass is 16.2. The summed E-state index contributed by atoms with van der Waals surface area (Å²) < 4.78 is 0. The molecule has 0 bridgehead atoms. The Morgan fingerprint density at radius 2 is 1.93 bits per heavy atom. The van der Waals surface area contributed by atoms with Crippen LogP contribution in [0.4, 0.5) is 5.69 Å². The van der Waals surface area contributed by atoms with E-state index < -0.39 is 0 Å². The van der Waals surface area contributed by atoms with Crippen molar-refractivity contribution in [2.45, 2.75) is 39.7 Å². The van der Waals surface area contributed by atoms with Gasteiger partial charge >= 0.3 is 0 Å². The molecule has 0 saturated heterocycles. The highest BCUT2D eigenvalue weighted by Gasteiger charge is 2.20. The lowest BCUT2D eigenvalue weighted by Gasteiger charge is -2.18. The van der Waals surface area contributed by atoms with Gasteiger partial charge in [0.1, 0.15) is 0 Å². The van der Waals surface area contributed by atoms with Gasteiger partial charge in [-0.25, -0.2) is 0 Å². The number of carbonyl (C=O) groups excluding carboxylic acids is 2. The van der Waals surface area contributed by atoms with E-state index in [1.54, 1.807) is 0 Å². The standard InChI is InChI=1S/C23H25N3O2/c1-14-3-9-21-19(11-14)20-12-17(6-10-22(20)26-21)23(28)24-13-16-4-7-18(8-5-16)25-15(2)27/h4-8,10,12,14,26H,3,9,11,13H2,1-2H3,(H,24,28)(H,25,27)/t14-/m0/s1. The minimum Gasteiger partial charge on any atom is -0.358 e. The lowest BCUT2D eigenvalue weighted by molar-refractivity contribution is -0.114. The van der Waals surface area contributed by atoms with E-state index in [9.17, 15) is 9.59 Å². The largest absolute Gasteiger partial charge is 0.358 e. The van der Waals surface area contributed by atoms with Crippen LogP contribution in [0.3, 0.4) is 0 Å². The average Bonchev–Trinajstić information content (AvgIpc) is 3.04. The molecular weight excluding hydrogens is 350 g/mol. The Bertz CT molecular complexity index is 1030. The van der Waals surface area contributed by atoms with Gasteiger partial charge in [0.05, 0.1) is 0 Å². The first kappa shape index (κ1) is 18.3. The molecule has 2 amide bonds. The maximum absolute atomic E-state index is 12.7. The van der Waals surface area contributed by atoms with Crippen LogP contribution in [0.1, 0.15) is 47.4 Å². The summed E-state index contributed by atoms with van der Waals surface area (Å²) in [5, 5.41) is 6.90. The topological polar surface area (TPSA) is 74.0 Å². The zero-order valence-corrected chi connectivity index (χ0v) is 16.3. The molecule has 5 nitrogen and oxygen atoms in total. The zero-order valence-electron chi connectivity index (χ0n) is 16.3. The summed E-state index contributed by atoms with van der Waals surface area (Å²) in [6.45, 7) is 4.21. The fourth-order valence-electron chi connectivity index (χ4n) is 3.93. The van der Waals surface area contributed by atoms with Crippen LogP contribution in [0.25, 0.3) is 10.9 Å². The van der Waals surface area contributed by atoms with Gasteiger partial charge in [0.25, 0.3) is 5.91 Å². The molecule has 2 aromatic carbocycles. The van der Waals surface area contributed by atoms with Crippen molar-refractivity contribution in [3.8, 4) is 0 Å². The van der Waals surface area contributed by atoms with E-state index in [2.05, 4.69) is 22.5 Å². The second-order valence-corrected chi connectivity index (χ2v) is 7.75. The molecule has 0 spiro atoms. The Kier molecular flexibility index (Phi) is 4.90. The van der Waals surface area contributed by atoms with E-state index in [0.717, 1.165) is 29.6 Å². The van der Waals surface area contributed by atoms with E-state index in [1.165, 1.54) is 30.0 Å². The number of aryl methyl sites for hydroxylation is 1. The number of nitrogens with one attached hydrogen (secondary N) is 3. The SMILES string of the molecule is CC(=O)Nc1ccc(CNC(=O)c2ccc3[nH]c4c(c3c2)C[C@@H](C)CC4)cc1. The van der Waals surface area contributed by atoms with Crippen molar-refractivity contribution in [2.75, 3.05) is 5.32 Å². The third-order valence-electron chi connectivity index (χ3n) is 5.42. The van der Waals surface area contributed by atoms with Gasteiger partial charge in [-0.2, -0.15) is 0 Å². The monoisotopic (exact) mass is 375 g/mol. The Morgan fingerprint density at radius 1 is 1.14 bits per heavy atom. The molecule has 144 valence electrons. The molecule has 1 atom stereocenters. The fraction of sp³-hybridized carbons (Fsp3) is 0.304. The van der Waals surface area contributed by atoms with Crippen LogP contribution >= 0.6 is 0 Å². The molecule has 1 aliphatic carbocycles. The molecule has 4 rings (SSSR count). The van der Waals surface area contributed by atoms with Crippen molar-refractivity contribution in [2.24, 2.45) is 5.92 Å². The first-order chi connectivity index (χ1) is 13.5. The molecular formula is C23H25N3O2. The van der Waals surface area contributed by atoms with Crippen LogP contribution in [-0.2, 0) is 24.2 Å². The van der Waals surface area contributed by atoms with Crippen molar-refractivity contribution in [3.63, 3.8) is 0 Å². The predicted molar refractivity (Wildman–Crippen MR) is 111 cm³/mol. The van der Waals surface area contributed by atoms with Crippen molar-refractivity contribution in [1.82, 2.24) is 10.3 Å². The van der Waals surface area contributed by atoms with Gasteiger partial charge in [-0.3, -0.25) is 9.59 Å². The Balaban J connectivity index is 1.46. The van der Waals surface area contributed by atoms with E-state index in [4.69, 9.17) is 0 Å². The summed E-state index contributed by atoms with van der Waals surface area (Å²) in [7, 11) is 0. The lowest BCUT2D eigenvalue weighted by atomic mass is 9.87. The highest BCUT2D eigenvalue weighted by Crippen LogP contribution is 2.32. The van der Waals surface area contributed by atoms with Crippen LogP contribution in [-0.4, -0.2) is 16.8 Å². The van der Waals surface area contributed by atoms with Crippen molar-refractivity contribution in [3.05, 3.63) is 64.8 Å². The molecule has 0 fully saturated rings. The van der Waals surface area contributed by atoms with E-state index in [0.29, 0.717) is 18.0 Å². The van der Waals surface area contributed by atoms with E-state index in [-0.39, 0.29) is 11.8 Å². The number of carbonyl (C=O) groups is 2.